The van der Waals surface area contributed by atoms with Crippen LogP contribution in [0.1, 0.15) is 0 Å². The molecule has 0 bridgehead atoms. The number of aromatic nitrogens is 2. The van der Waals surface area contributed by atoms with Crippen LogP contribution in [0.4, 0.5) is 0 Å². The van der Waals surface area contributed by atoms with Crippen LogP contribution in [0, 0.1) is 0 Å². The molecule has 2 N–H and O–H groups in total. The Bertz CT molecular complexity index is 397. The summed E-state index contributed by atoms with van der Waals surface area (Å²) in [6.07, 6.45) is 2.06. The fourth-order valence-electron chi connectivity index (χ4n) is 1.29. The van der Waals surface area contributed by atoms with Crippen LogP contribution in [0.25, 0.3) is 0 Å². The van der Waals surface area contributed by atoms with E-state index >= 15 is 0 Å². The van der Waals surface area contributed by atoms with E-state index in [2.05, 4.69) is 10.3 Å². The minimum Gasteiger partial charge on any atom is -0.390 e. The average Bonchev–Trinajstić information content (AvgIpc) is 2.29. The van der Waals surface area contributed by atoms with E-state index in [1.54, 1.807) is 7.11 Å². The van der Waals surface area contributed by atoms with Crippen LogP contribution < -0.4 is 11.0 Å². The Kier molecular flexibility index (Phi) is 6.13. The summed E-state index contributed by atoms with van der Waals surface area (Å²) in [6.45, 7) is 1.76. The first-order valence-corrected chi connectivity index (χ1v) is 5.61. The maximum absolute atomic E-state index is 11.3. The van der Waals surface area contributed by atoms with Crippen molar-refractivity contribution >= 4 is 11.6 Å². The molecular formula is C10H16ClN3O3. The summed E-state index contributed by atoms with van der Waals surface area (Å²) in [4.78, 5) is 14.9. The Balaban J connectivity index is 2.42. The van der Waals surface area contributed by atoms with E-state index < -0.39 is 11.8 Å². The Morgan fingerprint density at radius 3 is 3.18 bits per heavy atom. The van der Waals surface area contributed by atoms with Gasteiger partial charge in [-0.05, 0) is 0 Å². The molecule has 0 aliphatic rings. The number of halogens is 1. The largest absolute Gasteiger partial charge is 0.390 e. The van der Waals surface area contributed by atoms with Gasteiger partial charge in [-0.15, -0.1) is 0 Å². The highest BCUT2D eigenvalue weighted by atomic mass is 35.5. The summed E-state index contributed by atoms with van der Waals surface area (Å²) in [5.41, 5.74) is -0.426. The molecule has 96 valence electrons. The van der Waals surface area contributed by atoms with Crippen LogP contribution in [0.5, 0.6) is 0 Å². The van der Waals surface area contributed by atoms with Gasteiger partial charge in [0.25, 0.3) is 0 Å². The van der Waals surface area contributed by atoms with Crippen molar-refractivity contribution < 1.29 is 9.84 Å². The lowest BCUT2D eigenvalue weighted by molar-refractivity contribution is 0.142. The van der Waals surface area contributed by atoms with Gasteiger partial charge in [-0.3, -0.25) is 4.57 Å². The van der Waals surface area contributed by atoms with Crippen molar-refractivity contribution in [2.75, 3.05) is 26.8 Å². The first-order valence-electron chi connectivity index (χ1n) is 5.23. The van der Waals surface area contributed by atoms with Crippen LogP contribution in [0.15, 0.2) is 17.2 Å². The van der Waals surface area contributed by atoms with Gasteiger partial charge in [0, 0.05) is 26.4 Å². The SMILES string of the molecule is COCCNCC(O)Cn1cc(Cl)cnc1=O. The van der Waals surface area contributed by atoms with Gasteiger partial charge in [0.05, 0.1) is 30.5 Å². The van der Waals surface area contributed by atoms with Crippen molar-refractivity contribution in [3.8, 4) is 0 Å². The molecule has 1 rings (SSSR count). The summed E-state index contributed by atoms with van der Waals surface area (Å²) >= 11 is 5.71. The molecule has 1 aromatic rings. The summed E-state index contributed by atoms with van der Waals surface area (Å²) < 4.78 is 6.13. The molecular weight excluding hydrogens is 246 g/mol. The zero-order valence-corrected chi connectivity index (χ0v) is 10.4. The minimum atomic E-state index is -0.676. The second-order valence-electron chi connectivity index (χ2n) is 3.56. The molecule has 0 saturated carbocycles. The third-order valence-electron chi connectivity index (χ3n) is 2.09. The van der Waals surface area contributed by atoms with Gasteiger partial charge in [-0.2, -0.15) is 0 Å². The van der Waals surface area contributed by atoms with Crippen LogP contribution in [-0.2, 0) is 11.3 Å². The normalized spacial score (nSPS) is 12.6. The van der Waals surface area contributed by atoms with Crippen molar-refractivity contribution in [3.05, 3.63) is 27.9 Å². The molecule has 0 aliphatic heterocycles. The monoisotopic (exact) mass is 261 g/mol. The molecule has 1 heterocycles. The van der Waals surface area contributed by atoms with Crippen LogP contribution >= 0.6 is 11.6 Å². The lowest BCUT2D eigenvalue weighted by atomic mass is 10.3. The molecule has 0 saturated heterocycles. The van der Waals surface area contributed by atoms with E-state index in [1.165, 1.54) is 17.0 Å². The molecule has 0 aromatic carbocycles. The van der Waals surface area contributed by atoms with E-state index in [0.717, 1.165) is 0 Å². The molecule has 0 aliphatic carbocycles. The smallest absolute Gasteiger partial charge is 0.347 e. The van der Waals surface area contributed by atoms with Gasteiger partial charge in [0.2, 0.25) is 0 Å². The van der Waals surface area contributed by atoms with Crippen molar-refractivity contribution in [2.45, 2.75) is 12.6 Å². The predicted octanol–water partition coefficient (Wildman–Crippen LogP) is -0.506. The second-order valence-corrected chi connectivity index (χ2v) is 3.99. The van der Waals surface area contributed by atoms with Crippen molar-refractivity contribution in [2.24, 2.45) is 0 Å². The molecule has 1 unspecified atom stereocenters. The van der Waals surface area contributed by atoms with Gasteiger partial charge >= 0.3 is 5.69 Å². The Hall–Kier alpha value is -0.950. The van der Waals surface area contributed by atoms with Crippen LogP contribution in [-0.4, -0.2) is 47.6 Å². The molecule has 1 atom stereocenters. The average molecular weight is 262 g/mol. The van der Waals surface area contributed by atoms with Crippen molar-refractivity contribution in [1.82, 2.24) is 14.9 Å². The molecule has 0 spiro atoms. The van der Waals surface area contributed by atoms with E-state index in [9.17, 15) is 9.90 Å². The van der Waals surface area contributed by atoms with E-state index in [4.69, 9.17) is 16.3 Å². The van der Waals surface area contributed by atoms with Gasteiger partial charge in [0.1, 0.15) is 0 Å². The zero-order valence-electron chi connectivity index (χ0n) is 9.60. The zero-order chi connectivity index (χ0) is 12.7. The first kappa shape index (κ1) is 14.1. The fraction of sp³-hybridized carbons (Fsp3) is 0.600. The Morgan fingerprint density at radius 1 is 1.71 bits per heavy atom. The highest BCUT2D eigenvalue weighted by Crippen LogP contribution is 2.01. The van der Waals surface area contributed by atoms with Gasteiger partial charge in [-0.1, -0.05) is 11.6 Å². The van der Waals surface area contributed by atoms with Crippen LogP contribution in [0.3, 0.4) is 0 Å². The summed E-state index contributed by atoms with van der Waals surface area (Å²) in [6, 6.07) is 0. The fourth-order valence-corrected chi connectivity index (χ4v) is 1.46. The van der Waals surface area contributed by atoms with Crippen LogP contribution in [0.2, 0.25) is 5.02 Å². The first-order chi connectivity index (χ1) is 8.13. The molecule has 0 amide bonds. The standard InChI is InChI=1S/C10H16ClN3O3/c1-17-3-2-12-5-9(15)7-14-6-8(11)4-13-10(14)16/h4,6,9,12,15H,2-3,5,7H2,1H3. The predicted molar refractivity (Wildman–Crippen MR) is 64.3 cm³/mol. The maximum Gasteiger partial charge on any atom is 0.347 e. The van der Waals surface area contributed by atoms with Gasteiger partial charge in [0.15, 0.2) is 0 Å². The molecule has 7 heteroatoms. The Labute approximate surface area is 104 Å². The number of rotatable bonds is 7. The maximum atomic E-state index is 11.3. The molecule has 6 nitrogen and oxygen atoms in total. The highest BCUT2D eigenvalue weighted by molar-refractivity contribution is 6.30. The summed E-state index contributed by atoms with van der Waals surface area (Å²) in [7, 11) is 1.61. The Morgan fingerprint density at radius 2 is 2.47 bits per heavy atom. The number of nitrogens with one attached hydrogen (secondary N) is 1. The molecule has 17 heavy (non-hydrogen) atoms. The highest BCUT2D eigenvalue weighted by Gasteiger charge is 2.06. The number of aliphatic hydroxyl groups is 1. The summed E-state index contributed by atoms with van der Waals surface area (Å²) in [5.74, 6) is 0. The van der Waals surface area contributed by atoms with Gasteiger partial charge in [-0.25, -0.2) is 9.78 Å². The third-order valence-corrected chi connectivity index (χ3v) is 2.29. The number of nitrogens with zero attached hydrogens (tertiary/aromatic N) is 2. The molecule has 1 aromatic heterocycles. The number of aliphatic hydroxyl groups excluding tert-OH is 1. The minimum absolute atomic E-state index is 0.159. The summed E-state index contributed by atoms with van der Waals surface area (Å²) in [5, 5.41) is 13.0. The number of hydrogen-bond acceptors (Lipinski definition) is 5. The quantitative estimate of drug-likeness (QED) is 0.647. The third kappa shape index (κ3) is 5.27. The lowest BCUT2D eigenvalue weighted by Crippen LogP contribution is -2.35. The van der Waals surface area contributed by atoms with E-state index in [1.807, 2.05) is 0 Å². The number of methoxy groups -OCH3 is 1. The van der Waals surface area contributed by atoms with E-state index in [-0.39, 0.29) is 6.54 Å². The number of ether oxygens (including phenoxy) is 1. The number of hydrogen-bond donors (Lipinski definition) is 2. The van der Waals surface area contributed by atoms with Crippen molar-refractivity contribution in [3.63, 3.8) is 0 Å². The second kappa shape index (κ2) is 7.39. The molecule has 0 fully saturated rings. The van der Waals surface area contributed by atoms with E-state index in [0.29, 0.717) is 24.7 Å². The lowest BCUT2D eigenvalue weighted by Gasteiger charge is -2.13. The molecule has 0 radical (unpaired) electrons. The van der Waals surface area contributed by atoms with Gasteiger partial charge < -0.3 is 15.2 Å². The van der Waals surface area contributed by atoms with Crippen molar-refractivity contribution in [1.29, 1.82) is 0 Å². The topological polar surface area (TPSA) is 76.4 Å².